The predicted octanol–water partition coefficient (Wildman–Crippen LogP) is 3.43. The summed E-state index contributed by atoms with van der Waals surface area (Å²) in [6, 6.07) is 13.2. The molecule has 32 heavy (non-hydrogen) atoms. The minimum atomic E-state index is -4.13. The highest BCUT2D eigenvalue weighted by Crippen LogP contribution is 2.25. The van der Waals surface area contributed by atoms with Gasteiger partial charge in [-0.15, -0.1) is 10.2 Å². The number of benzene rings is 2. The molecule has 3 rings (SSSR count). The molecule has 1 aromatic heterocycles. The average molecular weight is 474 g/mol. The second-order valence-electron chi connectivity index (χ2n) is 7.13. The van der Waals surface area contributed by atoms with Gasteiger partial charge >= 0.3 is 0 Å². The van der Waals surface area contributed by atoms with Gasteiger partial charge in [0, 0.05) is 11.6 Å². The summed E-state index contributed by atoms with van der Waals surface area (Å²) in [5.41, 5.74) is 1.64. The van der Waals surface area contributed by atoms with Gasteiger partial charge in [-0.2, -0.15) is 8.42 Å². The Morgan fingerprint density at radius 2 is 1.81 bits per heavy atom. The van der Waals surface area contributed by atoms with Crippen LogP contribution in [0.15, 0.2) is 52.9 Å². The fraction of sp³-hybridized carbons (Fsp3) is 0.238. The third-order valence-electron chi connectivity index (χ3n) is 4.54. The fourth-order valence-corrected chi connectivity index (χ4v) is 4.66. The van der Waals surface area contributed by atoms with Gasteiger partial charge in [0.25, 0.3) is 26.2 Å². The monoisotopic (exact) mass is 473 g/mol. The number of carbonyl (C=O) groups is 2. The van der Waals surface area contributed by atoms with Crippen molar-refractivity contribution >= 4 is 44.0 Å². The van der Waals surface area contributed by atoms with Gasteiger partial charge in [-0.1, -0.05) is 48.1 Å². The molecule has 1 atom stereocenters. The van der Waals surface area contributed by atoms with Crippen molar-refractivity contribution in [2.24, 2.45) is 0 Å². The first-order chi connectivity index (χ1) is 15.2. The van der Waals surface area contributed by atoms with Crippen molar-refractivity contribution in [3.63, 3.8) is 0 Å². The number of hydrogen-bond acceptors (Lipinski definition) is 7. The smallest absolute Gasteiger partial charge is 0.291 e. The summed E-state index contributed by atoms with van der Waals surface area (Å²) >= 11 is 0.710. The Balaban J connectivity index is 1.77. The lowest BCUT2D eigenvalue weighted by Gasteiger charge is -2.14. The molecule has 168 valence electrons. The van der Waals surface area contributed by atoms with Crippen molar-refractivity contribution < 1.29 is 18.0 Å². The highest BCUT2D eigenvalue weighted by molar-refractivity contribution is 7.94. The number of aromatic nitrogens is 2. The lowest BCUT2D eigenvalue weighted by atomic mass is 10.1. The Morgan fingerprint density at radius 3 is 2.53 bits per heavy atom. The van der Waals surface area contributed by atoms with Crippen LogP contribution in [0.2, 0.25) is 0 Å². The second-order valence-corrected chi connectivity index (χ2v) is 9.96. The SMILES string of the molecule is CC[C@@H](C)NC(=O)c1ccccc1NS(=O)(=O)c1nnc(NC(=O)c2cccc(C)c2)s1. The maximum atomic E-state index is 12.8. The van der Waals surface area contributed by atoms with Crippen LogP contribution in [0.4, 0.5) is 10.8 Å². The number of rotatable bonds is 8. The van der Waals surface area contributed by atoms with Gasteiger partial charge in [-0.25, -0.2) is 0 Å². The Bertz CT molecular complexity index is 1240. The van der Waals surface area contributed by atoms with E-state index in [0.717, 1.165) is 12.0 Å². The Labute approximate surface area is 190 Å². The van der Waals surface area contributed by atoms with E-state index in [1.165, 1.54) is 12.1 Å². The fourth-order valence-electron chi connectivity index (χ4n) is 2.69. The van der Waals surface area contributed by atoms with Crippen molar-refractivity contribution in [1.29, 1.82) is 0 Å². The summed E-state index contributed by atoms with van der Waals surface area (Å²) in [5, 5.41) is 12.8. The zero-order chi connectivity index (χ0) is 23.3. The van der Waals surface area contributed by atoms with Crippen LogP contribution in [0.5, 0.6) is 0 Å². The molecule has 0 spiro atoms. The molecular weight excluding hydrogens is 450 g/mol. The largest absolute Gasteiger partial charge is 0.350 e. The zero-order valence-corrected chi connectivity index (χ0v) is 19.4. The zero-order valence-electron chi connectivity index (χ0n) is 17.7. The molecule has 1 heterocycles. The van der Waals surface area contributed by atoms with E-state index >= 15 is 0 Å². The first-order valence-electron chi connectivity index (χ1n) is 9.84. The van der Waals surface area contributed by atoms with E-state index in [1.54, 1.807) is 30.3 Å². The normalized spacial score (nSPS) is 12.1. The molecule has 0 aliphatic heterocycles. The summed E-state index contributed by atoms with van der Waals surface area (Å²) in [6.07, 6.45) is 0.738. The van der Waals surface area contributed by atoms with Gasteiger partial charge in [0.1, 0.15) is 0 Å². The number of nitrogens with zero attached hydrogens (tertiary/aromatic N) is 2. The average Bonchev–Trinajstić information content (AvgIpc) is 3.23. The van der Waals surface area contributed by atoms with Crippen molar-refractivity contribution in [2.75, 3.05) is 10.0 Å². The summed E-state index contributed by atoms with van der Waals surface area (Å²) in [5.74, 6) is -0.810. The molecule has 0 aliphatic carbocycles. The minimum absolute atomic E-state index is 0.0414. The van der Waals surface area contributed by atoms with Crippen molar-refractivity contribution in [2.45, 2.75) is 37.6 Å². The highest BCUT2D eigenvalue weighted by atomic mass is 32.2. The number of aryl methyl sites for hydroxylation is 1. The summed E-state index contributed by atoms with van der Waals surface area (Å²) in [7, 11) is -4.13. The van der Waals surface area contributed by atoms with Crippen molar-refractivity contribution in [1.82, 2.24) is 15.5 Å². The molecule has 11 heteroatoms. The first kappa shape index (κ1) is 23.4. The molecule has 0 bridgehead atoms. The minimum Gasteiger partial charge on any atom is -0.350 e. The highest BCUT2D eigenvalue weighted by Gasteiger charge is 2.24. The molecule has 0 saturated heterocycles. The van der Waals surface area contributed by atoms with Crippen LogP contribution in [0.1, 0.15) is 46.5 Å². The summed E-state index contributed by atoms with van der Waals surface area (Å²) < 4.78 is 27.7. The summed E-state index contributed by atoms with van der Waals surface area (Å²) in [6.45, 7) is 5.65. The molecule has 0 saturated carbocycles. The third-order valence-corrected chi connectivity index (χ3v) is 7.11. The van der Waals surface area contributed by atoms with Gasteiger partial charge in [-0.3, -0.25) is 19.6 Å². The maximum Gasteiger partial charge on any atom is 0.291 e. The molecule has 0 unspecified atom stereocenters. The Hall–Kier alpha value is -3.31. The van der Waals surface area contributed by atoms with E-state index in [9.17, 15) is 18.0 Å². The van der Waals surface area contributed by atoms with Gasteiger partial charge < -0.3 is 5.32 Å². The van der Waals surface area contributed by atoms with Crippen LogP contribution in [-0.2, 0) is 10.0 Å². The molecule has 0 aliphatic rings. The Morgan fingerprint density at radius 1 is 1.06 bits per heavy atom. The molecule has 2 aromatic carbocycles. The quantitative estimate of drug-likeness (QED) is 0.430. The van der Waals surface area contributed by atoms with Crippen LogP contribution >= 0.6 is 11.3 Å². The number of para-hydroxylation sites is 1. The van der Waals surface area contributed by atoms with Crippen LogP contribution in [0.25, 0.3) is 0 Å². The van der Waals surface area contributed by atoms with Crippen molar-refractivity contribution in [3.8, 4) is 0 Å². The summed E-state index contributed by atoms with van der Waals surface area (Å²) in [4.78, 5) is 24.9. The van der Waals surface area contributed by atoms with Gasteiger partial charge in [0.05, 0.1) is 11.3 Å². The van der Waals surface area contributed by atoms with Gasteiger partial charge in [0.2, 0.25) is 5.13 Å². The van der Waals surface area contributed by atoms with E-state index in [-0.39, 0.29) is 32.7 Å². The first-order valence-corrected chi connectivity index (χ1v) is 12.1. The van der Waals surface area contributed by atoms with E-state index in [4.69, 9.17) is 0 Å². The van der Waals surface area contributed by atoms with E-state index < -0.39 is 15.9 Å². The maximum absolute atomic E-state index is 12.8. The molecule has 0 fully saturated rings. The lowest BCUT2D eigenvalue weighted by Crippen LogP contribution is -2.32. The third kappa shape index (κ3) is 5.68. The number of hydrogen-bond donors (Lipinski definition) is 3. The molecule has 9 nitrogen and oxygen atoms in total. The molecule has 2 amide bonds. The number of anilines is 2. The molecule has 3 N–H and O–H groups in total. The van der Waals surface area contributed by atoms with Crippen LogP contribution < -0.4 is 15.4 Å². The van der Waals surface area contributed by atoms with E-state index in [0.29, 0.717) is 16.9 Å². The lowest BCUT2D eigenvalue weighted by molar-refractivity contribution is 0.0939. The van der Waals surface area contributed by atoms with Crippen LogP contribution in [0, 0.1) is 6.92 Å². The van der Waals surface area contributed by atoms with Gasteiger partial charge in [0.15, 0.2) is 0 Å². The molecule has 0 radical (unpaired) electrons. The molecular formula is C21H23N5O4S2. The van der Waals surface area contributed by atoms with Crippen molar-refractivity contribution in [3.05, 3.63) is 65.2 Å². The second kappa shape index (κ2) is 9.88. The number of sulfonamides is 1. The van der Waals surface area contributed by atoms with E-state index in [1.807, 2.05) is 26.8 Å². The van der Waals surface area contributed by atoms with Gasteiger partial charge in [-0.05, 0) is 44.5 Å². The predicted molar refractivity (Wildman–Crippen MR) is 124 cm³/mol. The van der Waals surface area contributed by atoms with E-state index in [2.05, 4.69) is 25.6 Å². The number of nitrogens with one attached hydrogen (secondary N) is 3. The van der Waals surface area contributed by atoms with Crippen LogP contribution in [0.3, 0.4) is 0 Å². The number of carbonyl (C=O) groups excluding carboxylic acids is 2. The Kier molecular flexibility index (Phi) is 7.21. The molecule has 3 aromatic rings. The topological polar surface area (TPSA) is 130 Å². The number of amides is 2. The van der Waals surface area contributed by atoms with Crippen LogP contribution in [-0.4, -0.2) is 36.5 Å². The standard InChI is InChI=1S/C21H23N5O4S2/c1-4-14(3)22-19(28)16-10-5-6-11-17(16)26-32(29,30)21-25-24-20(31-21)23-18(27)15-9-7-8-13(2)12-15/h5-12,14,26H,4H2,1-3H3,(H,22,28)(H,23,24,27)/t14-/m1/s1.